The minimum absolute atomic E-state index is 0.0936. The lowest BCUT2D eigenvalue weighted by Crippen LogP contribution is -2.30. The number of pyridine rings is 1. The number of carbonyl (C=O) groups is 1. The third-order valence-corrected chi connectivity index (χ3v) is 4.24. The van der Waals surface area contributed by atoms with E-state index >= 15 is 0 Å². The quantitative estimate of drug-likeness (QED) is 0.627. The SMILES string of the molecule is C=CCn1ccc2c(OCC(=O)NCCc3ccccc3)cccc2c1=O. The Balaban J connectivity index is 1.61. The van der Waals surface area contributed by atoms with E-state index in [1.807, 2.05) is 36.4 Å². The number of nitrogens with one attached hydrogen (secondary N) is 1. The van der Waals surface area contributed by atoms with Crippen LogP contribution in [0.25, 0.3) is 10.8 Å². The number of hydrogen-bond donors (Lipinski definition) is 1. The average molecular weight is 362 g/mol. The van der Waals surface area contributed by atoms with Crippen LogP contribution < -0.4 is 15.6 Å². The second-order valence-electron chi connectivity index (χ2n) is 6.15. The summed E-state index contributed by atoms with van der Waals surface area (Å²) in [5.74, 6) is 0.330. The van der Waals surface area contributed by atoms with Gasteiger partial charge in [-0.05, 0) is 30.2 Å². The molecule has 138 valence electrons. The second-order valence-corrected chi connectivity index (χ2v) is 6.15. The van der Waals surface area contributed by atoms with Crippen LogP contribution in [-0.4, -0.2) is 23.6 Å². The first-order valence-corrected chi connectivity index (χ1v) is 8.85. The molecule has 0 aliphatic carbocycles. The van der Waals surface area contributed by atoms with Crippen LogP contribution in [0, 0.1) is 0 Å². The van der Waals surface area contributed by atoms with E-state index in [2.05, 4.69) is 11.9 Å². The fraction of sp³-hybridized carbons (Fsp3) is 0.182. The maximum Gasteiger partial charge on any atom is 0.258 e. The van der Waals surface area contributed by atoms with Crippen molar-refractivity contribution in [1.82, 2.24) is 9.88 Å². The van der Waals surface area contributed by atoms with Gasteiger partial charge in [-0.2, -0.15) is 0 Å². The van der Waals surface area contributed by atoms with E-state index in [1.54, 1.807) is 35.0 Å². The van der Waals surface area contributed by atoms with E-state index in [4.69, 9.17) is 4.74 Å². The van der Waals surface area contributed by atoms with Crippen molar-refractivity contribution in [3.05, 3.63) is 89.4 Å². The van der Waals surface area contributed by atoms with Crippen LogP contribution in [0.2, 0.25) is 0 Å². The Hall–Kier alpha value is -3.34. The summed E-state index contributed by atoms with van der Waals surface area (Å²) in [5, 5.41) is 4.10. The van der Waals surface area contributed by atoms with Gasteiger partial charge in [0.15, 0.2) is 6.61 Å². The van der Waals surface area contributed by atoms with Crippen molar-refractivity contribution in [3.8, 4) is 5.75 Å². The summed E-state index contributed by atoms with van der Waals surface area (Å²) >= 11 is 0. The maximum atomic E-state index is 12.5. The second kappa shape index (κ2) is 8.85. The van der Waals surface area contributed by atoms with Crippen LogP contribution in [-0.2, 0) is 17.8 Å². The number of fused-ring (bicyclic) bond motifs is 1. The number of rotatable bonds is 8. The third-order valence-electron chi connectivity index (χ3n) is 4.24. The van der Waals surface area contributed by atoms with Gasteiger partial charge in [0.05, 0.1) is 5.39 Å². The lowest BCUT2D eigenvalue weighted by Gasteiger charge is -2.11. The van der Waals surface area contributed by atoms with Crippen LogP contribution in [0.5, 0.6) is 5.75 Å². The molecule has 2 aromatic carbocycles. The topological polar surface area (TPSA) is 60.3 Å². The first kappa shape index (κ1) is 18.5. The molecule has 0 radical (unpaired) electrons. The highest BCUT2D eigenvalue weighted by atomic mass is 16.5. The molecular weight excluding hydrogens is 340 g/mol. The smallest absolute Gasteiger partial charge is 0.258 e. The molecule has 0 aliphatic rings. The fourth-order valence-corrected chi connectivity index (χ4v) is 2.88. The van der Waals surface area contributed by atoms with Crippen molar-refractivity contribution in [2.24, 2.45) is 0 Å². The molecule has 0 bridgehead atoms. The monoisotopic (exact) mass is 362 g/mol. The molecule has 0 saturated carbocycles. The fourth-order valence-electron chi connectivity index (χ4n) is 2.88. The van der Waals surface area contributed by atoms with Crippen molar-refractivity contribution < 1.29 is 9.53 Å². The summed E-state index contributed by atoms with van der Waals surface area (Å²) in [7, 11) is 0. The Morgan fingerprint density at radius 2 is 1.89 bits per heavy atom. The standard InChI is InChI=1S/C22H22N2O3/c1-2-14-24-15-12-18-19(22(24)26)9-6-10-20(18)27-16-21(25)23-13-11-17-7-4-3-5-8-17/h2-10,12,15H,1,11,13-14,16H2,(H,23,25). The third kappa shape index (κ3) is 4.64. The molecule has 5 heteroatoms. The number of allylic oxidation sites excluding steroid dienone is 1. The Morgan fingerprint density at radius 1 is 1.07 bits per heavy atom. The van der Waals surface area contributed by atoms with E-state index in [0.717, 1.165) is 6.42 Å². The highest BCUT2D eigenvalue weighted by molar-refractivity contribution is 5.88. The van der Waals surface area contributed by atoms with Gasteiger partial charge in [-0.3, -0.25) is 9.59 Å². The van der Waals surface area contributed by atoms with Crippen molar-refractivity contribution in [3.63, 3.8) is 0 Å². The first-order chi connectivity index (χ1) is 13.2. The van der Waals surface area contributed by atoms with Gasteiger partial charge in [-0.15, -0.1) is 6.58 Å². The maximum absolute atomic E-state index is 12.5. The van der Waals surface area contributed by atoms with Gasteiger partial charge in [0, 0.05) is 24.7 Å². The van der Waals surface area contributed by atoms with Gasteiger partial charge >= 0.3 is 0 Å². The molecular formula is C22H22N2O3. The van der Waals surface area contributed by atoms with E-state index in [9.17, 15) is 9.59 Å². The van der Waals surface area contributed by atoms with E-state index < -0.39 is 0 Å². The molecule has 0 aliphatic heterocycles. The Morgan fingerprint density at radius 3 is 2.67 bits per heavy atom. The van der Waals surface area contributed by atoms with Crippen LogP contribution in [0.1, 0.15) is 5.56 Å². The Kier molecular flexibility index (Phi) is 6.05. The minimum Gasteiger partial charge on any atom is -0.483 e. The predicted molar refractivity (Wildman–Crippen MR) is 107 cm³/mol. The van der Waals surface area contributed by atoms with E-state index in [0.29, 0.717) is 29.6 Å². The molecule has 1 amide bonds. The zero-order valence-electron chi connectivity index (χ0n) is 15.1. The molecule has 5 nitrogen and oxygen atoms in total. The molecule has 0 atom stereocenters. The number of nitrogens with zero attached hydrogens (tertiary/aromatic N) is 1. The summed E-state index contributed by atoms with van der Waals surface area (Å²) in [4.78, 5) is 24.5. The van der Waals surface area contributed by atoms with E-state index in [-0.39, 0.29) is 18.1 Å². The number of hydrogen-bond acceptors (Lipinski definition) is 3. The Labute approximate surface area is 157 Å². The normalized spacial score (nSPS) is 10.5. The number of benzene rings is 2. The minimum atomic E-state index is -0.192. The number of aromatic nitrogens is 1. The van der Waals surface area contributed by atoms with Crippen LogP contribution >= 0.6 is 0 Å². The van der Waals surface area contributed by atoms with Gasteiger partial charge in [-0.1, -0.05) is 42.5 Å². The molecule has 3 aromatic rings. The zero-order valence-corrected chi connectivity index (χ0v) is 15.1. The predicted octanol–water partition coefficient (Wildman–Crippen LogP) is 2.93. The summed E-state index contributed by atoms with van der Waals surface area (Å²) in [6, 6.07) is 17.1. The summed E-state index contributed by atoms with van der Waals surface area (Å²) < 4.78 is 7.24. The molecule has 0 unspecified atom stereocenters. The van der Waals surface area contributed by atoms with Crippen molar-refractivity contribution in [2.45, 2.75) is 13.0 Å². The largest absolute Gasteiger partial charge is 0.483 e. The highest BCUT2D eigenvalue weighted by Crippen LogP contribution is 2.23. The molecule has 0 saturated heterocycles. The summed E-state index contributed by atoms with van der Waals surface area (Å²) in [6.07, 6.45) is 4.15. The van der Waals surface area contributed by atoms with Gasteiger partial charge in [0.2, 0.25) is 0 Å². The highest BCUT2D eigenvalue weighted by Gasteiger charge is 2.09. The summed E-state index contributed by atoms with van der Waals surface area (Å²) in [5.41, 5.74) is 1.06. The van der Waals surface area contributed by atoms with Gasteiger partial charge < -0.3 is 14.6 Å². The molecule has 3 rings (SSSR count). The molecule has 1 heterocycles. The van der Waals surface area contributed by atoms with Crippen molar-refractivity contribution in [1.29, 1.82) is 0 Å². The lowest BCUT2D eigenvalue weighted by atomic mass is 10.1. The lowest BCUT2D eigenvalue weighted by molar-refractivity contribution is -0.123. The average Bonchev–Trinajstić information content (AvgIpc) is 2.69. The van der Waals surface area contributed by atoms with Gasteiger partial charge in [0.25, 0.3) is 11.5 Å². The Bertz CT molecular complexity index is 993. The zero-order chi connectivity index (χ0) is 19.1. The first-order valence-electron chi connectivity index (χ1n) is 8.85. The van der Waals surface area contributed by atoms with Gasteiger partial charge in [-0.25, -0.2) is 0 Å². The molecule has 0 fully saturated rings. The van der Waals surface area contributed by atoms with Crippen LogP contribution in [0.15, 0.2) is 78.2 Å². The van der Waals surface area contributed by atoms with Crippen molar-refractivity contribution in [2.75, 3.05) is 13.2 Å². The van der Waals surface area contributed by atoms with E-state index in [1.165, 1.54) is 5.56 Å². The summed E-state index contributed by atoms with van der Waals surface area (Å²) in [6.45, 7) is 4.56. The number of ether oxygens (including phenoxy) is 1. The van der Waals surface area contributed by atoms with Crippen molar-refractivity contribution >= 4 is 16.7 Å². The molecule has 1 N–H and O–H groups in total. The van der Waals surface area contributed by atoms with Gasteiger partial charge in [0.1, 0.15) is 5.75 Å². The molecule has 27 heavy (non-hydrogen) atoms. The number of amides is 1. The van der Waals surface area contributed by atoms with Crippen LogP contribution in [0.3, 0.4) is 0 Å². The number of carbonyl (C=O) groups excluding carboxylic acids is 1. The molecule has 1 aromatic heterocycles. The van der Waals surface area contributed by atoms with Crippen LogP contribution in [0.4, 0.5) is 0 Å². The molecule has 0 spiro atoms.